The van der Waals surface area contributed by atoms with Crippen LogP contribution in [0.3, 0.4) is 0 Å². The monoisotopic (exact) mass is 350 g/mol. The second-order valence-corrected chi connectivity index (χ2v) is 6.53. The van der Waals surface area contributed by atoms with Crippen molar-refractivity contribution < 1.29 is 28.9 Å². The Labute approximate surface area is 142 Å². The van der Waals surface area contributed by atoms with Crippen molar-refractivity contribution in [2.24, 2.45) is 5.92 Å². The molecule has 0 heterocycles. The van der Waals surface area contributed by atoms with Crippen molar-refractivity contribution in [1.82, 2.24) is 0 Å². The topological polar surface area (TPSA) is 78.9 Å². The minimum atomic E-state index is -1.18. The van der Waals surface area contributed by atoms with Gasteiger partial charge in [0, 0.05) is 6.42 Å². The summed E-state index contributed by atoms with van der Waals surface area (Å²) in [7, 11) is 0. The van der Waals surface area contributed by atoms with E-state index in [9.17, 15) is 14.4 Å². The van der Waals surface area contributed by atoms with Gasteiger partial charge < -0.3 is 4.74 Å². The lowest BCUT2D eigenvalue weighted by molar-refractivity contribution is -0.331. The van der Waals surface area contributed by atoms with Gasteiger partial charge in [-0.1, -0.05) is 26.7 Å². The summed E-state index contributed by atoms with van der Waals surface area (Å²) in [5.74, 6) is -1.69. The van der Waals surface area contributed by atoms with Crippen LogP contribution in [0.25, 0.3) is 0 Å². The summed E-state index contributed by atoms with van der Waals surface area (Å²) in [6.07, 6.45) is 3.05. The zero-order chi connectivity index (χ0) is 18.0. The first-order chi connectivity index (χ1) is 10.6. The highest BCUT2D eigenvalue weighted by atomic mass is 35.5. The van der Waals surface area contributed by atoms with Crippen molar-refractivity contribution in [2.45, 2.75) is 78.4 Å². The van der Waals surface area contributed by atoms with Gasteiger partial charge in [-0.25, -0.2) is 9.59 Å². The van der Waals surface area contributed by atoms with Gasteiger partial charge in [-0.15, -0.1) is 0 Å². The average Bonchev–Trinajstić information content (AvgIpc) is 2.45. The molecule has 0 saturated carbocycles. The van der Waals surface area contributed by atoms with E-state index in [1.165, 1.54) is 0 Å². The Bertz CT molecular complexity index is 407. The molecule has 0 aromatic rings. The number of hydrogen-bond acceptors (Lipinski definition) is 6. The summed E-state index contributed by atoms with van der Waals surface area (Å²) in [5, 5.41) is -1.18. The maximum atomic E-state index is 12.0. The highest BCUT2D eigenvalue weighted by Crippen LogP contribution is 2.21. The maximum absolute atomic E-state index is 12.0. The first kappa shape index (κ1) is 21.9. The van der Waals surface area contributed by atoms with Gasteiger partial charge in [0.1, 0.15) is 11.7 Å². The van der Waals surface area contributed by atoms with E-state index < -0.39 is 28.9 Å². The van der Waals surface area contributed by atoms with E-state index in [2.05, 4.69) is 6.92 Å². The third-order valence-corrected chi connectivity index (χ3v) is 3.48. The molecule has 2 atom stereocenters. The lowest BCUT2D eigenvalue weighted by Crippen LogP contribution is -2.33. The molecule has 0 aliphatic rings. The Kier molecular flexibility index (Phi) is 10.1. The molecule has 0 N–H and O–H groups in total. The lowest BCUT2D eigenvalue weighted by Gasteiger charge is -2.26. The minimum Gasteiger partial charge on any atom is -0.456 e. The summed E-state index contributed by atoms with van der Waals surface area (Å²) < 4.78 is 4.84. The minimum absolute atomic E-state index is 0.185. The highest BCUT2D eigenvalue weighted by Gasteiger charge is 2.29. The molecule has 0 rings (SSSR count). The molecule has 0 saturated heterocycles. The second-order valence-electron chi connectivity index (χ2n) is 6.19. The predicted octanol–water partition coefficient (Wildman–Crippen LogP) is 3.54. The molecule has 7 heteroatoms. The van der Waals surface area contributed by atoms with E-state index in [1.807, 2.05) is 6.92 Å². The molecule has 6 nitrogen and oxygen atoms in total. The molecule has 23 heavy (non-hydrogen) atoms. The summed E-state index contributed by atoms with van der Waals surface area (Å²) in [4.78, 5) is 43.9. The van der Waals surface area contributed by atoms with Gasteiger partial charge in [-0.3, -0.25) is 9.68 Å². The van der Waals surface area contributed by atoms with E-state index in [0.717, 1.165) is 19.3 Å². The van der Waals surface area contributed by atoms with Gasteiger partial charge in [0.2, 0.25) is 0 Å². The molecule has 0 spiro atoms. The van der Waals surface area contributed by atoms with Gasteiger partial charge in [-0.2, -0.15) is 4.89 Å². The van der Waals surface area contributed by atoms with E-state index in [4.69, 9.17) is 26.1 Å². The lowest BCUT2D eigenvalue weighted by atomic mass is 10.00. The normalized spacial score (nSPS) is 14.0. The summed E-state index contributed by atoms with van der Waals surface area (Å²) in [6.45, 7) is 8.98. The number of hydrogen-bond donors (Lipinski definition) is 0. The van der Waals surface area contributed by atoms with Crippen LogP contribution in [0, 0.1) is 5.92 Å². The predicted molar refractivity (Wildman–Crippen MR) is 85.6 cm³/mol. The van der Waals surface area contributed by atoms with Crippen LogP contribution in [0.5, 0.6) is 0 Å². The maximum Gasteiger partial charge on any atom is 0.391 e. The quantitative estimate of drug-likeness (QED) is 0.186. The zero-order valence-corrected chi connectivity index (χ0v) is 15.3. The van der Waals surface area contributed by atoms with Gasteiger partial charge in [0.15, 0.2) is 0 Å². The molecule has 2 unspecified atom stereocenters. The van der Waals surface area contributed by atoms with Crippen LogP contribution < -0.4 is 0 Å². The van der Waals surface area contributed by atoms with Crippen molar-refractivity contribution in [2.75, 3.05) is 0 Å². The van der Waals surface area contributed by atoms with Gasteiger partial charge >= 0.3 is 17.2 Å². The number of rotatable bonds is 11. The van der Waals surface area contributed by atoms with Crippen LogP contribution in [-0.2, 0) is 28.9 Å². The number of carbonyl (C=O) groups is 3. The summed E-state index contributed by atoms with van der Waals surface area (Å²) in [5.41, 5.74) is -0.867. The number of carbonyl (C=O) groups excluding carboxylic acids is 3. The fourth-order valence-electron chi connectivity index (χ4n) is 2.16. The molecule has 0 aromatic heterocycles. The Hall–Kier alpha value is -1.14. The highest BCUT2D eigenvalue weighted by molar-refractivity contribution is 6.80. The van der Waals surface area contributed by atoms with E-state index in [0.29, 0.717) is 6.42 Å². The van der Waals surface area contributed by atoms with Crippen molar-refractivity contribution in [3.05, 3.63) is 0 Å². The van der Waals surface area contributed by atoms with Gasteiger partial charge in [0.25, 0.3) is 0 Å². The second kappa shape index (κ2) is 10.6. The summed E-state index contributed by atoms with van der Waals surface area (Å²) >= 11 is 5.02. The smallest absolute Gasteiger partial charge is 0.391 e. The first-order valence-electron chi connectivity index (χ1n) is 7.92. The molecular formula is C16H27ClO6. The summed E-state index contributed by atoms with van der Waals surface area (Å²) in [6, 6.07) is 0. The molecule has 0 radical (unpaired) electrons. The average molecular weight is 351 g/mol. The number of unbranched alkanes of at least 4 members (excludes halogenated alkanes) is 1. The van der Waals surface area contributed by atoms with Crippen molar-refractivity contribution >= 4 is 28.8 Å². The SMILES string of the molecule is CCCCC(CC)C(=O)OOC(C)(C)CC(C)OC(=O)C(=O)Cl. The molecular weight excluding hydrogens is 324 g/mol. The van der Waals surface area contributed by atoms with Crippen LogP contribution >= 0.6 is 11.6 Å². The van der Waals surface area contributed by atoms with Crippen LogP contribution in [0.4, 0.5) is 0 Å². The van der Waals surface area contributed by atoms with Crippen LogP contribution in [0.2, 0.25) is 0 Å². The third kappa shape index (κ3) is 9.56. The zero-order valence-electron chi connectivity index (χ0n) is 14.5. The van der Waals surface area contributed by atoms with Crippen molar-refractivity contribution in [3.8, 4) is 0 Å². The number of esters is 1. The Morgan fingerprint density at radius 2 is 1.78 bits per heavy atom. The van der Waals surface area contributed by atoms with Crippen LogP contribution in [0.1, 0.15) is 66.7 Å². The van der Waals surface area contributed by atoms with Crippen LogP contribution in [0.15, 0.2) is 0 Å². The van der Waals surface area contributed by atoms with E-state index in [-0.39, 0.29) is 12.3 Å². The number of halogens is 1. The van der Waals surface area contributed by atoms with Crippen molar-refractivity contribution in [1.29, 1.82) is 0 Å². The molecule has 0 bridgehead atoms. The molecule has 0 amide bonds. The molecule has 0 aromatic carbocycles. The fraction of sp³-hybridized carbons (Fsp3) is 0.812. The fourth-order valence-corrected chi connectivity index (χ4v) is 2.20. The number of ether oxygens (including phenoxy) is 1. The molecule has 134 valence electrons. The molecule has 0 aliphatic heterocycles. The molecule has 0 fully saturated rings. The van der Waals surface area contributed by atoms with E-state index >= 15 is 0 Å². The largest absolute Gasteiger partial charge is 0.456 e. The third-order valence-electron chi connectivity index (χ3n) is 3.33. The standard InChI is InChI=1S/C16H27ClO6/c1-6-8-9-12(7-2)14(19)22-23-16(4,5)10-11(3)21-15(20)13(17)18/h11-12H,6-10H2,1-5H3. The van der Waals surface area contributed by atoms with Crippen molar-refractivity contribution in [3.63, 3.8) is 0 Å². The van der Waals surface area contributed by atoms with Gasteiger partial charge in [0.05, 0.1) is 5.92 Å². The van der Waals surface area contributed by atoms with Crippen LogP contribution in [-0.4, -0.2) is 28.9 Å². The Balaban J connectivity index is 4.37. The van der Waals surface area contributed by atoms with E-state index in [1.54, 1.807) is 20.8 Å². The first-order valence-corrected chi connectivity index (χ1v) is 8.30. The Morgan fingerprint density at radius 3 is 2.26 bits per heavy atom. The Morgan fingerprint density at radius 1 is 1.17 bits per heavy atom. The van der Waals surface area contributed by atoms with Gasteiger partial charge in [-0.05, 0) is 45.2 Å². The molecule has 0 aliphatic carbocycles.